The minimum atomic E-state index is 0.353. The summed E-state index contributed by atoms with van der Waals surface area (Å²) in [6.45, 7) is 5.26. The van der Waals surface area contributed by atoms with Gasteiger partial charge in [-0.05, 0) is 59.2 Å². The van der Waals surface area contributed by atoms with E-state index in [2.05, 4.69) is 58.3 Å². The van der Waals surface area contributed by atoms with Crippen molar-refractivity contribution < 1.29 is 0 Å². The van der Waals surface area contributed by atoms with Crippen LogP contribution in [0.4, 0.5) is 0 Å². The van der Waals surface area contributed by atoms with Gasteiger partial charge in [0.05, 0.1) is 0 Å². The van der Waals surface area contributed by atoms with Crippen LogP contribution in [0.2, 0.25) is 0 Å². The number of nitrogens with one attached hydrogen (secondary N) is 1. The first-order valence-corrected chi connectivity index (χ1v) is 7.93. The third-order valence-electron chi connectivity index (χ3n) is 2.82. The average Bonchev–Trinajstić information content (AvgIpc) is 2.42. The molecule has 2 nitrogen and oxygen atoms in total. The number of nitrogens with zero attached hydrogens (tertiary/aromatic N) is 1. The average molecular weight is 337 g/mol. The van der Waals surface area contributed by atoms with E-state index in [0.29, 0.717) is 6.04 Å². The van der Waals surface area contributed by atoms with Crippen molar-refractivity contribution in [3.8, 4) is 0 Å². The Hall–Kier alpha value is -0.840. The van der Waals surface area contributed by atoms with Gasteiger partial charge in [0.1, 0.15) is 5.03 Å². The number of pyridine rings is 1. The summed E-state index contributed by atoms with van der Waals surface area (Å²) in [6.07, 6.45) is 1.88. The molecule has 4 heteroatoms. The molecule has 1 unspecified atom stereocenters. The first-order chi connectivity index (χ1) is 9.20. The van der Waals surface area contributed by atoms with E-state index in [1.54, 1.807) is 11.8 Å². The number of benzene rings is 1. The largest absolute Gasteiger partial charge is 0.310 e. The zero-order valence-corrected chi connectivity index (χ0v) is 13.5. The highest BCUT2D eigenvalue weighted by molar-refractivity contribution is 9.10. The number of hydrogen-bond acceptors (Lipinski definition) is 3. The van der Waals surface area contributed by atoms with Gasteiger partial charge in [-0.3, -0.25) is 0 Å². The normalized spacial score (nSPS) is 12.4. The molecule has 2 rings (SSSR count). The Morgan fingerprint density at radius 1 is 1.32 bits per heavy atom. The molecular formula is C15H17BrN2S. The van der Waals surface area contributed by atoms with Crippen molar-refractivity contribution in [1.82, 2.24) is 10.3 Å². The van der Waals surface area contributed by atoms with Crippen LogP contribution in [0.25, 0.3) is 0 Å². The number of aromatic nitrogens is 1. The molecule has 0 saturated carbocycles. The Balaban J connectivity index is 2.18. The fourth-order valence-electron chi connectivity index (χ4n) is 1.81. The summed E-state index contributed by atoms with van der Waals surface area (Å²) in [6, 6.07) is 12.8. The van der Waals surface area contributed by atoms with Crippen LogP contribution in [-0.4, -0.2) is 11.5 Å². The Bertz CT molecular complexity index is 545. The van der Waals surface area contributed by atoms with E-state index in [1.807, 2.05) is 24.4 Å². The second kappa shape index (κ2) is 7.08. The van der Waals surface area contributed by atoms with E-state index in [-0.39, 0.29) is 0 Å². The van der Waals surface area contributed by atoms with Gasteiger partial charge >= 0.3 is 0 Å². The highest BCUT2D eigenvalue weighted by Gasteiger charge is 2.07. The second-order valence-corrected chi connectivity index (χ2v) is 6.16. The van der Waals surface area contributed by atoms with Crippen LogP contribution in [0.1, 0.15) is 25.5 Å². The van der Waals surface area contributed by atoms with Crippen LogP contribution in [0.15, 0.2) is 57.0 Å². The van der Waals surface area contributed by atoms with Gasteiger partial charge < -0.3 is 5.32 Å². The first-order valence-electron chi connectivity index (χ1n) is 6.32. The maximum absolute atomic E-state index is 4.43. The summed E-state index contributed by atoms with van der Waals surface area (Å²) in [4.78, 5) is 5.62. The predicted octanol–water partition coefficient (Wildman–Crippen LogP) is 4.67. The molecule has 100 valence electrons. The molecule has 1 atom stereocenters. The van der Waals surface area contributed by atoms with Crippen molar-refractivity contribution in [1.29, 1.82) is 0 Å². The molecule has 1 N–H and O–H groups in total. The van der Waals surface area contributed by atoms with Crippen LogP contribution >= 0.6 is 27.7 Å². The molecule has 2 aromatic rings. The quantitative estimate of drug-likeness (QED) is 0.858. The fraction of sp³-hybridized carbons (Fsp3) is 0.267. The topological polar surface area (TPSA) is 24.9 Å². The van der Waals surface area contributed by atoms with Gasteiger partial charge in [-0.1, -0.05) is 30.8 Å². The van der Waals surface area contributed by atoms with Crippen molar-refractivity contribution in [2.24, 2.45) is 0 Å². The van der Waals surface area contributed by atoms with Crippen LogP contribution in [-0.2, 0) is 0 Å². The summed E-state index contributed by atoms with van der Waals surface area (Å²) < 4.78 is 1.10. The monoisotopic (exact) mass is 336 g/mol. The van der Waals surface area contributed by atoms with E-state index < -0.39 is 0 Å². The van der Waals surface area contributed by atoms with Gasteiger partial charge in [0.25, 0.3) is 0 Å². The van der Waals surface area contributed by atoms with E-state index in [4.69, 9.17) is 0 Å². The van der Waals surface area contributed by atoms with Crippen molar-refractivity contribution in [2.75, 3.05) is 6.54 Å². The maximum atomic E-state index is 4.43. The lowest BCUT2D eigenvalue weighted by Gasteiger charge is -2.13. The zero-order valence-electron chi connectivity index (χ0n) is 11.1. The van der Waals surface area contributed by atoms with E-state index >= 15 is 0 Å². The van der Waals surface area contributed by atoms with Crippen molar-refractivity contribution in [2.45, 2.75) is 29.8 Å². The van der Waals surface area contributed by atoms with E-state index in [9.17, 15) is 0 Å². The second-order valence-electron chi connectivity index (χ2n) is 4.24. The van der Waals surface area contributed by atoms with Gasteiger partial charge in [0.2, 0.25) is 0 Å². The van der Waals surface area contributed by atoms with Crippen molar-refractivity contribution >= 4 is 27.7 Å². The smallest absolute Gasteiger partial charge is 0.101 e. The summed E-state index contributed by atoms with van der Waals surface area (Å²) in [7, 11) is 0. The number of halogens is 1. The lowest BCUT2D eigenvalue weighted by Crippen LogP contribution is -2.17. The van der Waals surface area contributed by atoms with E-state index in [1.165, 1.54) is 10.5 Å². The van der Waals surface area contributed by atoms with Gasteiger partial charge in [0.15, 0.2) is 0 Å². The van der Waals surface area contributed by atoms with Crippen molar-refractivity contribution in [3.63, 3.8) is 0 Å². The molecule has 1 aromatic carbocycles. The first kappa shape index (κ1) is 14.6. The third-order valence-corrected chi connectivity index (χ3v) is 4.78. The molecule has 0 amide bonds. The molecule has 1 heterocycles. The van der Waals surface area contributed by atoms with Crippen LogP contribution < -0.4 is 5.32 Å². The summed E-state index contributed by atoms with van der Waals surface area (Å²) in [5, 5.41) is 4.44. The Morgan fingerprint density at radius 2 is 2.11 bits per heavy atom. The van der Waals surface area contributed by atoms with Crippen LogP contribution in [0.5, 0.6) is 0 Å². The number of rotatable bonds is 5. The molecule has 19 heavy (non-hydrogen) atoms. The molecule has 0 saturated heterocycles. The van der Waals surface area contributed by atoms with Crippen molar-refractivity contribution in [3.05, 3.63) is 52.6 Å². The third kappa shape index (κ3) is 4.06. The molecule has 0 aliphatic carbocycles. The molecule has 0 aliphatic heterocycles. The maximum Gasteiger partial charge on any atom is 0.101 e. The Kier molecular flexibility index (Phi) is 5.43. The number of hydrogen-bond donors (Lipinski definition) is 1. The van der Waals surface area contributed by atoms with Crippen LogP contribution in [0.3, 0.4) is 0 Å². The highest BCUT2D eigenvalue weighted by Crippen LogP contribution is 2.32. The highest BCUT2D eigenvalue weighted by atomic mass is 79.9. The minimum absolute atomic E-state index is 0.353. The van der Waals surface area contributed by atoms with Gasteiger partial charge in [-0.2, -0.15) is 0 Å². The lowest BCUT2D eigenvalue weighted by atomic mass is 10.1. The standard InChI is InChI=1S/C15H17BrN2S/c1-3-17-11(2)12-8-9-18-15(10-12)19-14-7-5-4-6-13(14)16/h4-11,17H,3H2,1-2H3. The van der Waals surface area contributed by atoms with E-state index in [0.717, 1.165) is 16.0 Å². The molecular weight excluding hydrogens is 320 g/mol. The SMILES string of the molecule is CCNC(C)c1ccnc(Sc2ccccc2Br)c1. The zero-order chi connectivity index (χ0) is 13.7. The Labute approximate surface area is 127 Å². The van der Waals surface area contributed by atoms with Crippen LogP contribution in [0, 0.1) is 0 Å². The fourth-order valence-corrected chi connectivity index (χ4v) is 3.19. The molecule has 0 bridgehead atoms. The summed E-state index contributed by atoms with van der Waals surface area (Å²) in [5.41, 5.74) is 1.27. The molecule has 0 aliphatic rings. The van der Waals surface area contributed by atoms with Gasteiger partial charge in [-0.25, -0.2) is 4.98 Å². The summed E-state index contributed by atoms with van der Waals surface area (Å²) in [5.74, 6) is 0. The molecule has 1 aromatic heterocycles. The summed E-state index contributed by atoms with van der Waals surface area (Å²) >= 11 is 5.24. The predicted molar refractivity (Wildman–Crippen MR) is 84.6 cm³/mol. The minimum Gasteiger partial charge on any atom is -0.310 e. The van der Waals surface area contributed by atoms with Gasteiger partial charge in [-0.15, -0.1) is 0 Å². The molecule has 0 radical (unpaired) electrons. The van der Waals surface area contributed by atoms with Gasteiger partial charge in [0, 0.05) is 21.6 Å². The Morgan fingerprint density at radius 3 is 2.84 bits per heavy atom. The molecule has 0 spiro atoms. The molecule has 0 fully saturated rings. The lowest BCUT2D eigenvalue weighted by molar-refractivity contribution is 0.596.